The van der Waals surface area contributed by atoms with Gasteiger partial charge in [0.2, 0.25) is 0 Å². The van der Waals surface area contributed by atoms with Gasteiger partial charge in [-0.15, -0.1) is 0 Å². The number of hydrogen-bond acceptors (Lipinski definition) is 3. The fourth-order valence-electron chi connectivity index (χ4n) is 1.15. The lowest BCUT2D eigenvalue weighted by Gasteiger charge is -2.16. The smallest absolute Gasteiger partial charge is 0.260 e. The van der Waals surface area contributed by atoms with Crippen LogP contribution in [0.25, 0.3) is 0 Å². The van der Waals surface area contributed by atoms with Crippen LogP contribution in [-0.2, 0) is 4.79 Å². The van der Waals surface area contributed by atoms with Crippen molar-refractivity contribution in [3.63, 3.8) is 0 Å². The molecule has 0 aromatic heterocycles. The van der Waals surface area contributed by atoms with E-state index in [9.17, 15) is 9.18 Å². The van der Waals surface area contributed by atoms with Crippen molar-refractivity contribution in [1.82, 2.24) is 4.90 Å². The Hall–Kier alpha value is -1.30. The Labute approximate surface area is 108 Å². The first-order chi connectivity index (χ1) is 7.95. The minimum absolute atomic E-state index is 0.126. The highest BCUT2D eigenvalue weighted by atomic mass is 79.9. The molecule has 1 rings (SSSR count). The van der Waals surface area contributed by atoms with Crippen molar-refractivity contribution in [2.45, 2.75) is 6.92 Å². The van der Waals surface area contributed by atoms with Crippen LogP contribution >= 0.6 is 15.9 Å². The molecule has 0 aliphatic heterocycles. The van der Waals surface area contributed by atoms with Gasteiger partial charge in [-0.05, 0) is 28.9 Å². The first kappa shape index (κ1) is 13.8. The van der Waals surface area contributed by atoms with E-state index in [1.165, 1.54) is 11.0 Å². The summed E-state index contributed by atoms with van der Waals surface area (Å²) in [6, 6.07) is 2.38. The highest BCUT2D eigenvalue weighted by Gasteiger charge is 2.12. The van der Waals surface area contributed by atoms with E-state index < -0.39 is 5.82 Å². The van der Waals surface area contributed by atoms with Gasteiger partial charge in [-0.3, -0.25) is 4.79 Å². The number of carbonyl (C=O) groups is 1. The van der Waals surface area contributed by atoms with Crippen LogP contribution in [0.3, 0.4) is 0 Å². The maximum atomic E-state index is 12.9. The van der Waals surface area contributed by atoms with Crippen molar-refractivity contribution in [1.29, 1.82) is 0 Å². The molecule has 1 aromatic rings. The quantitative estimate of drug-likeness (QED) is 0.866. The Kier molecular flexibility index (Phi) is 4.74. The summed E-state index contributed by atoms with van der Waals surface area (Å²) < 4.78 is 18.6. The van der Waals surface area contributed by atoms with Crippen LogP contribution in [0.1, 0.15) is 6.92 Å². The Bertz CT molecular complexity index is 403. The lowest BCUT2D eigenvalue weighted by Crippen LogP contribution is -2.31. The molecule has 0 fully saturated rings. The molecule has 0 radical (unpaired) electrons. The zero-order chi connectivity index (χ0) is 13.0. The molecule has 1 aromatic carbocycles. The Balaban J connectivity index is 2.73. The van der Waals surface area contributed by atoms with Gasteiger partial charge in [0.05, 0.1) is 10.2 Å². The second-order valence-electron chi connectivity index (χ2n) is 3.50. The van der Waals surface area contributed by atoms with Crippen LogP contribution in [0.15, 0.2) is 16.6 Å². The number of amides is 1. The summed E-state index contributed by atoms with van der Waals surface area (Å²) in [5, 5.41) is 0. The van der Waals surface area contributed by atoms with E-state index in [0.29, 0.717) is 11.0 Å². The maximum absolute atomic E-state index is 12.9. The third kappa shape index (κ3) is 3.59. The van der Waals surface area contributed by atoms with Crippen molar-refractivity contribution < 1.29 is 13.9 Å². The predicted molar refractivity (Wildman–Crippen MR) is 67.3 cm³/mol. The van der Waals surface area contributed by atoms with Crippen LogP contribution < -0.4 is 10.5 Å². The summed E-state index contributed by atoms with van der Waals surface area (Å²) in [5.74, 6) is -0.342. The van der Waals surface area contributed by atoms with Crippen LogP contribution in [0.2, 0.25) is 0 Å². The number of ether oxygens (including phenoxy) is 1. The minimum atomic E-state index is -0.460. The third-order valence-corrected chi connectivity index (χ3v) is 2.87. The number of hydrogen-bond donors (Lipinski definition) is 1. The highest BCUT2D eigenvalue weighted by Crippen LogP contribution is 2.32. The molecule has 4 nitrogen and oxygen atoms in total. The van der Waals surface area contributed by atoms with Gasteiger partial charge in [-0.25, -0.2) is 4.39 Å². The molecule has 2 N–H and O–H groups in total. The molecule has 0 aliphatic carbocycles. The van der Waals surface area contributed by atoms with E-state index in [1.54, 1.807) is 7.05 Å². The number of benzene rings is 1. The number of carbonyl (C=O) groups excluding carboxylic acids is 1. The second-order valence-corrected chi connectivity index (χ2v) is 4.36. The van der Waals surface area contributed by atoms with Crippen molar-refractivity contribution >= 4 is 27.5 Å². The van der Waals surface area contributed by atoms with Gasteiger partial charge in [0, 0.05) is 19.7 Å². The van der Waals surface area contributed by atoms with E-state index in [2.05, 4.69) is 15.9 Å². The van der Waals surface area contributed by atoms with Crippen LogP contribution in [0.4, 0.5) is 10.1 Å². The summed E-state index contributed by atoms with van der Waals surface area (Å²) in [4.78, 5) is 13.0. The van der Waals surface area contributed by atoms with Crippen molar-refractivity contribution in [2.75, 3.05) is 25.9 Å². The standard InChI is InChI=1S/C11H14BrFN2O2/c1-3-15(2)10(16)6-17-11-8(12)4-7(13)5-9(11)14/h4-5H,3,6,14H2,1-2H3. The lowest BCUT2D eigenvalue weighted by molar-refractivity contribution is -0.131. The molecular formula is C11H14BrFN2O2. The maximum Gasteiger partial charge on any atom is 0.260 e. The first-order valence-electron chi connectivity index (χ1n) is 5.07. The van der Waals surface area contributed by atoms with E-state index in [0.717, 1.165) is 6.07 Å². The minimum Gasteiger partial charge on any atom is -0.480 e. The normalized spacial score (nSPS) is 10.1. The monoisotopic (exact) mass is 304 g/mol. The third-order valence-electron chi connectivity index (χ3n) is 2.28. The molecule has 0 spiro atoms. The topological polar surface area (TPSA) is 55.6 Å². The van der Waals surface area contributed by atoms with Crippen molar-refractivity contribution in [2.24, 2.45) is 0 Å². The summed E-state index contributed by atoms with van der Waals surface area (Å²) in [5.41, 5.74) is 5.75. The van der Waals surface area contributed by atoms with E-state index in [1.807, 2.05) is 6.92 Å². The average molecular weight is 305 g/mol. The van der Waals surface area contributed by atoms with Crippen LogP contribution in [-0.4, -0.2) is 31.0 Å². The summed E-state index contributed by atoms with van der Waals surface area (Å²) in [6.45, 7) is 2.33. The lowest BCUT2D eigenvalue weighted by atomic mass is 10.3. The van der Waals surface area contributed by atoms with Crippen molar-refractivity contribution in [3.8, 4) is 5.75 Å². The molecule has 0 aliphatic rings. The van der Waals surface area contributed by atoms with Crippen LogP contribution in [0, 0.1) is 5.82 Å². The molecule has 6 heteroatoms. The molecule has 94 valence electrons. The Morgan fingerprint density at radius 2 is 2.24 bits per heavy atom. The summed E-state index contributed by atoms with van der Waals surface area (Å²) in [7, 11) is 1.68. The van der Waals surface area contributed by atoms with Gasteiger partial charge in [0.15, 0.2) is 12.4 Å². The number of nitrogen functional groups attached to an aromatic ring is 1. The van der Waals surface area contributed by atoms with Gasteiger partial charge in [0.1, 0.15) is 5.82 Å². The summed E-state index contributed by atoms with van der Waals surface area (Å²) >= 11 is 3.13. The number of likely N-dealkylation sites (N-methyl/N-ethyl adjacent to an activating group) is 1. The molecule has 0 heterocycles. The first-order valence-corrected chi connectivity index (χ1v) is 5.86. The zero-order valence-corrected chi connectivity index (χ0v) is 11.3. The second kappa shape index (κ2) is 5.86. The van der Waals surface area contributed by atoms with Gasteiger partial charge in [-0.1, -0.05) is 0 Å². The van der Waals surface area contributed by atoms with Crippen LogP contribution in [0.5, 0.6) is 5.75 Å². The largest absolute Gasteiger partial charge is 0.480 e. The average Bonchev–Trinajstić information content (AvgIpc) is 2.26. The fourth-order valence-corrected chi connectivity index (χ4v) is 1.72. The van der Waals surface area contributed by atoms with Gasteiger partial charge >= 0.3 is 0 Å². The molecule has 0 saturated heterocycles. The van der Waals surface area contributed by atoms with Crippen molar-refractivity contribution in [3.05, 3.63) is 22.4 Å². The van der Waals surface area contributed by atoms with E-state index in [4.69, 9.17) is 10.5 Å². The van der Waals surface area contributed by atoms with E-state index in [-0.39, 0.29) is 24.0 Å². The Morgan fingerprint density at radius 1 is 1.59 bits per heavy atom. The molecule has 0 unspecified atom stereocenters. The van der Waals surface area contributed by atoms with Gasteiger partial charge in [0.25, 0.3) is 5.91 Å². The predicted octanol–water partition coefficient (Wildman–Crippen LogP) is 2.03. The van der Waals surface area contributed by atoms with Gasteiger partial charge in [-0.2, -0.15) is 0 Å². The van der Waals surface area contributed by atoms with E-state index >= 15 is 0 Å². The summed E-state index contributed by atoms with van der Waals surface area (Å²) in [6.07, 6.45) is 0. The number of anilines is 1. The molecule has 0 saturated carbocycles. The molecule has 17 heavy (non-hydrogen) atoms. The molecular weight excluding hydrogens is 291 g/mol. The molecule has 0 atom stereocenters. The number of halogens is 2. The molecule has 1 amide bonds. The Morgan fingerprint density at radius 3 is 2.76 bits per heavy atom. The highest BCUT2D eigenvalue weighted by molar-refractivity contribution is 9.10. The molecule has 0 bridgehead atoms. The fraction of sp³-hybridized carbons (Fsp3) is 0.364. The SMILES string of the molecule is CCN(C)C(=O)COc1c(N)cc(F)cc1Br. The number of nitrogens with two attached hydrogens (primary N) is 1. The van der Waals surface area contributed by atoms with Gasteiger partial charge < -0.3 is 15.4 Å². The zero-order valence-electron chi connectivity index (χ0n) is 9.67. The number of nitrogens with zero attached hydrogens (tertiary/aromatic N) is 1. The number of rotatable bonds is 4.